The number of hydrogen-bond acceptors (Lipinski definition) is 2. The quantitative estimate of drug-likeness (QED) is 0.125. The minimum atomic E-state index is -0.190. The summed E-state index contributed by atoms with van der Waals surface area (Å²) in [7, 11) is 0. The summed E-state index contributed by atoms with van der Waals surface area (Å²) in [5.41, 5.74) is 12.0. The van der Waals surface area contributed by atoms with Crippen LogP contribution in [0.5, 0.6) is 0 Å². The zero-order valence-corrected chi connectivity index (χ0v) is 36.1. The molecular weight excluding hydrogens is 689 g/mol. The van der Waals surface area contributed by atoms with Gasteiger partial charge in [0.25, 0.3) is 0 Å². The summed E-state index contributed by atoms with van der Waals surface area (Å²) in [6.07, 6.45) is 17.0. The van der Waals surface area contributed by atoms with Crippen LogP contribution < -0.4 is 9.80 Å². The van der Waals surface area contributed by atoms with Crippen molar-refractivity contribution in [3.63, 3.8) is 0 Å². The van der Waals surface area contributed by atoms with Gasteiger partial charge in [-0.25, -0.2) is 0 Å². The molecule has 0 spiro atoms. The van der Waals surface area contributed by atoms with Gasteiger partial charge in [0.1, 0.15) is 0 Å². The molecule has 2 unspecified atom stereocenters. The molecule has 57 heavy (non-hydrogen) atoms. The monoisotopic (exact) mass is 755 g/mol. The Balaban J connectivity index is 1.21. The normalized spacial score (nSPS) is 18.8. The number of allylic oxidation sites excluding steroid dienone is 2. The van der Waals surface area contributed by atoms with Crippen LogP contribution in [0.25, 0.3) is 0 Å². The Morgan fingerprint density at radius 1 is 0.614 bits per heavy atom. The van der Waals surface area contributed by atoms with E-state index in [9.17, 15) is 0 Å². The molecule has 5 aromatic carbocycles. The number of hydrogen-bond donors (Lipinski definition) is 0. The van der Waals surface area contributed by atoms with Crippen LogP contribution in [0.15, 0.2) is 157 Å². The van der Waals surface area contributed by atoms with E-state index in [1.54, 1.807) is 0 Å². The SMILES string of the molecule is CCC(C)(C)C(CC(C)(C)C)c1ccc(N(c2ccccc2)c2ccc(C3(C4=CCC(C)(N(c5ccccc5)c5ccc(C)cc5)C=C4)CCCCC3)cc2)cc1. The average molecular weight is 755 g/mol. The van der Waals surface area contributed by atoms with Gasteiger partial charge in [-0.2, -0.15) is 0 Å². The van der Waals surface area contributed by atoms with Gasteiger partial charge in [0, 0.05) is 33.9 Å². The molecule has 0 N–H and O–H groups in total. The van der Waals surface area contributed by atoms with Gasteiger partial charge in [0.05, 0.1) is 5.54 Å². The van der Waals surface area contributed by atoms with E-state index in [-0.39, 0.29) is 21.8 Å². The van der Waals surface area contributed by atoms with Crippen LogP contribution >= 0.6 is 0 Å². The molecule has 0 aromatic heterocycles. The van der Waals surface area contributed by atoms with Crippen molar-refractivity contribution in [2.24, 2.45) is 10.8 Å². The van der Waals surface area contributed by atoms with Crippen LogP contribution in [0.3, 0.4) is 0 Å². The third kappa shape index (κ3) is 8.72. The predicted octanol–water partition coefficient (Wildman–Crippen LogP) is 16.1. The summed E-state index contributed by atoms with van der Waals surface area (Å²) in [5.74, 6) is 0.498. The van der Waals surface area contributed by atoms with E-state index in [0.717, 1.165) is 12.8 Å². The molecule has 1 saturated carbocycles. The Labute approximate surface area is 345 Å². The topological polar surface area (TPSA) is 6.48 Å². The van der Waals surface area contributed by atoms with E-state index < -0.39 is 0 Å². The first-order chi connectivity index (χ1) is 27.3. The Kier molecular flexibility index (Phi) is 11.7. The fraction of sp³-hybridized carbons (Fsp3) is 0.382. The molecule has 0 saturated heterocycles. The Morgan fingerprint density at radius 3 is 1.65 bits per heavy atom. The van der Waals surface area contributed by atoms with E-state index in [0.29, 0.717) is 5.92 Å². The predicted molar refractivity (Wildman–Crippen MR) is 247 cm³/mol. The summed E-state index contributed by atoms with van der Waals surface area (Å²) in [4.78, 5) is 4.96. The zero-order valence-electron chi connectivity index (χ0n) is 36.1. The minimum absolute atomic E-state index is 0.0173. The number of nitrogens with zero attached hydrogens (tertiary/aromatic N) is 2. The van der Waals surface area contributed by atoms with Crippen LogP contribution in [0.4, 0.5) is 28.4 Å². The first-order valence-electron chi connectivity index (χ1n) is 21.7. The maximum absolute atomic E-state index is 2.58. The number of rotatable bonds is 12. The molecule has 2 nitrogen and oxygen atoms in total. The van der Waals surface area contributed by atoms with Crippen LogP contribution in [0.1, 0.15) is 122 Å². The van der Waals surface area contributed by atoms with Gasteiger partial charge in [-0.1, -0.05) is 164 Å². The van der Waals surface area contributed by atoms with E-state index in [1.807, 2.05) is 0 Å². The maximum atomic E-state index is 2.58. The number of aryl methyl sites for hydroxylation is 1. The number of benzene rings is 5. The molecule has 2 aliphatic carbocycles. The van der Waals surface area contributed by atoms with Crippen LogP contribution in [0, 0.1) is 17.8 Å². The van der Waals surface area contributed by atoms with E-state index in [1.165, 1.54) is 89.2 Å². The molecular formula is C55H66N2. The van der Waals surface area contributed by atoms with Gasteiger partial charge >= 0.3 is 0 Å². The maximum Gasteiger partial charge on any atom is 0.0643 e. The highest BCUT2D eigenvalue weighted by Gasteiger charge is 2.40. The highest BCUT2D eigenvalue weighted by molar-refractivity contribution is 5.77. The van der Waals surface area contributed by atoms with Crippen LogP contribution in [-0.4, -0.2) is 5.54 Å². The minimum Gasteiger partial charge on any atom is -0.332 e. The van der Waals surface area contributed by atoms with Crippen molar-refractivity contribution in [1.82, 2.24) is 0 Å². The third-order valence-corrected chi connectivity index (χ3v) is 13.4. The Morgan fingerprint density at radius 2 is 1.12 bits per heavy atom. The summed E-state index contributed by atoms with van der Waals surface area (Å²) in [6.45, 7) is 18.9. The molecule has 2 atom stereocenters. The van der Waals surface area contributed by atoms with Gasteiger partial charge in [0.15, 0.2) is 0 Å². The smallest absolute Gasteiger partial charge is 0.0643 e. The first kappa shape index (κ1) is 40.4. The molecule has 2 aliphatic rings. The second kappa shape index (κ2) is 16.6. The standard InChI is InChI=1S/C55H66N2/c1-9-53(6,7)51(41-52(3,4)5)43-25-31-47(32-26-43)56(46-19-13-10-14-20-46)48-33-27-44(28-34-48)55(37-17-12-18-38-55)45-35-39-54(8,40-36-45)57(49-21-15-11-16-22-49)50-29-23-42(2)24-30-50/h10-11,13-16,19-36,39,51H,9,12,17-18,37-38,40-41H2,1-8H3. The molecule has 0 radical (unpaired) electrons. The Hall–Kier alpha value is -4.82. The van der Waals surface area contributed by atoms with Crippen molar-refractivity contribution in [1.29, 1.82) is 0 Å². The Bertz CT molecular complexity index is 2110. The van der Waals surface area contributed by atoms with E-state index >= 15 is 0 Å². The van der Waals surface area contributed by atoms with E-state index in [2.05, 4.69) is 217 Å². The summed E-state index contributed by atoms with van der Waals surface area (Å²) in [6, 6.07) is 49.9. The molecule has 7 rings (SSSR count). The molecule has 5 aromatic rings. The highest BCUT2D eigenvalue weighted by Crippen LogP contribution is 2.50. The lowest BCUT2D eigenvalue weighted by molar-refractivity contribution is 0.203. The molecule has 0 bridgehead atoms. The summed E-state index contributed by atoms with van der Waals surface area (Å²) < 4.78 is 0. The first-order valence-corrected chi connectivity index (χ1v) is 21.7. The number of para-hydroxylation sites is 2. The van der Waals surface area contributed by atoms with Crippen molar-refractivity contribution < 1.29 is 0 Å². The van der Waals surface area contributed by atoms with Crippen LogP contribution in [-0.2, 0) is 5.41 Å². The molecule has 0 amide bonds. The average Bonchev–Trinajstić information content (AvgIpc) is 3.22. The van der Waals surface area contributed by atoms with Crippen molar-refractivity contribution in [2.45, 2.75) is 124 Å². The van der Waals surface area contributed by atoms with Gasteiger partial charge in [-0.3, -0.25) is 0 Å². The van der Waals surface area contributed by atoms with Gasteiger partial charge in [-0.15, -0.1) is 0 Å². The van der Waals surface area contributed by atoms with Gasteiger partial charge in [0.2, 0.25) is 0 Å². The lowest BCUT2D eigenvalue weighted by atomic mass is 9.63. The molecule has 296 valence electrons. The summed E-state index contributed by atoms with van der Waals surface area (Å²) in [5, 5.41) is 0. The molecule has 1 fully saturated rings. The second-order valence-electron chi connectivity index (χ2n) is 19.2. The fourth-order valence-corrected chi connectivity index (χ4v) is 9.67. The lowest BCUT2D eigenvalue weighted by Crippen LogP contribution is -2.43. The molecule has 0 aliphatic heterocycles. The largest absolute Gasteiger partial charge is 0.332 e. The van der Waals surface area contributed by atoms with Crippen molar-refractivity contribution >= 4 is 28.4 Å². The van der Waals surface area contributed by atoms with Crippen molar-refractivity contribution in [2.75, 3.05) is 9.80 Å². The van der Waals surface area contributed by atoms with E-state index in [4.69, 9.17) is 0 Å². The highest BCUT2D eigenvalue weighted by atomic mass is 15.2. The van der Waals surface area contributed by atoms with Gasteiger partial charge < -0.3 is 9.80 Å². The second-order valence-corrected chi connectivity index (χ2v) is 19.2. The fourth-order valence-electron chi connectivity index (χ4n) is 9.67. The van der Waals surface area contributed by atoms with Gasteiger partial charge in [-0.05, 0) is 134 Å². The van der Waals surface area contributed by atoms with Crippen molar-refractivity contribution in [3.05, 3.63) is 174 Å². The van der Waals surface area contributed by atoms with Crippen molar-refractivity contribution in [3.8, 4) is 0 Å². The van der Waals surface area contributed by atoms with Crippen LogP contribution in [0.2, 0.25) is 0 Å². The lowest BCUT2D eigenvalue weighted by Gasteiger charge is -2.45. The third-order valence-electron chi connectivity index (χ3n) is 13.4. The summed E-state index contributed by atoms with van der Waals surface area (Å²) >= 11 is 0. The number of anilines is 5. The zero-order chi connectivity index (χ0) is 40.3. The molecule has 2 heteroatoms. The molecule has 0 heterocycles.